The summed E-state index contributed by atoms with van der Waals surface area (Å²) < 4.78 is 0. The number of carbonyl (C=O) groups is 4. The number of aromatic amines is 1. The molecule has 4 unspecified atom stereocenters. The Labute approximate surface area is 221 Å². The number of aliphatic hydroxyl groups excluding tert-OH is 1. The molecule has 2 aromatic rings. The van der Waals surface area contributed by atoms with E-state index in [-0.39, 0.29) is 25.2 Å². The van der Waals surface area contributed by atoms with Crippen LogP contribution in [0.5, 0.6) is 0 Å². The number of nitrogens with one attached hydrogen (secondary N) is 4. The lowest BCUT2D eigenvalue weighted by Gasteiger charge is -2.26. The van der Waals surface area contributed by atoms with Crippen molar-refractivity contribution in [1.82, 2.24) is 20.9 Å². The predicted octanol–water partition coefficient (Wildman–Crippen LogP) is -0.256. The van der Waals surface area contributed by atoms with Crippen LogP contribution in [0.1, 0.15) is 45.1 Å². The molecule has 0 aliphatic carbocycles. The maximum atomic E-state index is 13.3. The largest absolute Gasteiger partial charge is 0.480 e. The fraction of sp³-hybridized carbons (Fsp3) is 0.538. The zero-order valence-corrected chi connectivity index (χ0v) is 21.9. The number of aromatic nitrogens is 1. The number of nitrogens with two attached hydrogens (primary N) is 2. The summed E-state index contributed by atoms with van der Waals surface area (Å²) in [6.07, 6.45) is 3.39. The van der Waals surface area contributed by atoms with Gasteiger partial charge in [0.25, 0.3) is 0 Å². The maximum absolute atomic E-state index is 13.3. The topological polar surface area (TPSA) is 213 Å². The average molecular weight is 533 g/mol. The second-order valence-electron chi connectivity index (χ2n) is 9.79. The number of benzene rings is 1. The van der Waals surface area contributed by atoms with Crippen molar-refractivity contribution in [3.05, 3.63) is 36.0 Å². The number of H-pyrrole nitrogens is 1. The van der Waals surface area contributed by atoms with Gasteiger partial charge in [0.2, 0.25) is 17.7 Å². The molecule has 1 heterocycles. The Balaban J connectivity index is 2.30. The third-order valence-corrected chi connectivity index (χ3v) is 6.17. The highest BCUT2D eigenvalue weighted by atomic mass is 16.4. The first-order chi connectivity index (χ1) is 18.1. The number of unbranched alkanes of at least 4 members (excludes halogenated alkanes) is 1. The number of carbonyl (C=O) groups excluding carboxylic acids is 3. The van der Waals surface area contributed by atoms with Crippen LogP contribution in [0, 0.1) is 5.92 Å². The standard InChI is InChI=1S/C26H40N6O6/c1-15(2)11-21(31-23(34)18(28)14-33)24(35)32-22(12-16-13-29-19-8-4-3-7-17(16)19)25(36)30-20(26(37)38)9-5-6-10-27/h3-4,7-8,13,15,18,20-22,29,33H,5-6,9-12,14,27-28H2,1-2H3,(H,30,36)(H,31,34)(H,32,35)(H,37,38). The molecule has 210 valence electrons. The number of carboxylic acid groups (broad SMARTS) is 1. The van der Waals surface area contributed by atoms with Gasteiger partial charge in [0.15, 0.2) is 0 Å². The van der Waals surface area contributed by atoms with Gasteiger partial charge in [0.05, 0.1) is 6.61 Å². The van der Waals surface area contributed by atoms with E-state index in [4.69, 9.17) is 11.5 Å². The van der Waals surface area contributed by atoms with Gasteiger partial charge >= 0.3 is 5.97 Å². The van der Waals surface area contributed by atoms with E-state index in [1.54, 1.807) is 6.20 Å². The van der Waals surface area contributed by atoms with E-state index in [9.17, 15) is 29.4 Å². The molecule has 1 aromatic carbocycles. The molecule has 3 amide bonds. The molecule has 0 bridgehead atoms. The monoisotopic (exact) mass is 532 g/mol. The first kappa shape index (κ1) is 30.7. The maximum Gasteiger partial charge on any atom is 0.326 e. The highest BCUT2D eigenvalue weighted by Crippen LogP contribution is 2.19. The van der Waals surface area contributed by atoms with Crippen molar-refractivity contribution >= 4 is 34.6 Å². The Morgan fingerprint density at radius 2 is 1.58 bits per heavy atom. The van der Waals surface area contributed by atoms with Gasteiger partial charge in [-0.15, -0.1) is 0 Å². The Hall–Kier alpha value is -3.48. The van der Waals surface area contributed by atoms with Gasteiger partial charge in [-0.2, -0.15) is 0 Å². The van der Waals surface area contributed by atoms with Crippen LogP contribution in [-0.4, -0.2) is 76.2 Å². The van der Waals surface area contributed by atoms with E-state index >= 15 is 0 Å². The second-order valence-corrected chi connectivity index (χ2v) is 9.79. The minimum Gasteiger partial charge on any atom is -0.480 e. The highest BCUT2D eigenvalue weighted by molar-refractivity contribution is 5.94. The first-order valence-corrected chi connectivity index (χ1v) is 12.8. The van der Waals surface area contributed by atoms with Crippen molar-refractivity contribution in [3.63, 3.8) is 0 Å². The van der Waals surface area contributed by atoms with E-state index < -0.39 is 54.5 Å². The molecule has 0 saturated carbocycles. The summed E-state index contributed by atoms with van der Waals surface area (Å²) in [6, 6.07) is 2.98. The van der Waals surface area contributed by atoms with Crippen LogP contribution in [0.3, 0.4) is 0 Å². The summed E-state index contributed by atoms with van der Waals surface area (Å²) in [4.78, 5) is 53.9. The van der Waals surface area contributed by atoms with E-state index in [1.807, 2.05) is 38.1 Å². The molecule has 2 rings (SSSR count). The second kappa shape index (κ2) is 15.1. The summed E-state index contributed by atoms with van der Waals surface area (Å²) in [6.45, 7) is 3.55. The van der Waals surface area contributed by atoms with Gasteiger partial charge in [0, 0.05) is 23.5 Å². The van der Waals surface area contributed by atoms with E-state index in [2.05, 4.69) is 20.9 Å². The summed E-state index contributed by atoms with van der Waals surface area (Å²) >= 11 is 0. The summed E-state index contributed by atoms with van der Waals surface area (Å²) in [5, 5.41) is 27.5. The van der Waals surface area contributed by atoms with Gasteiger partial charge in [-0.3, -0.25) is 14.4 Å². The molecule has 4 atom stereocenters. The molecule has 0 fully saturated rings. The Morgan fingerprint density at radius 3 is 2.21 bits per heavy atom. The average Bonchev–Trinajstić information content (AvgIpc) is 3.29. The van der Waals surface area contributed by atoms with Gasteiger partial charge < -0.3 is 42.6 Å². The number of fused-ring (bicyclic) bond motifs is 1. The summed E-state index contributed by atoms with van der Waals surface area (Å²) in [7, 11) is 0. The van der Waals surface area contributed by atoms with Crippen LogP contribution in [0.2, 0.25) is 0 Å². The lowest BCUT2D eigenvalue weighted by atomic mass is 10.00. The Morgan fingerprint density at radius 1 is 0.947 bits per heavy atom. The first-order valence-electron chi connectivity index (χ1n) is 12.8. The van der Waals surface area contributed by atoms with Gasteiger partial charge in [-0.25, -0.2) is 4.79 Å². The molecule has 12 heteroatoms. The van der Waals surface area contributed by atoms with Crippen LogP contribution in [0.15, 0.2) is 30.5 Å². The van der Waals surface area contributed by atoms with Crippen LogP contribution in [0.4, 0.5) is 0 Å². The van der Waals surface area contributed by atoms with Crippen molar-refractivity contribution in [2.24, 2.45) is 17.4 Å². The molecular formula is C26H40N6O6. The molecule has 0 spiro atoms. The van der Waals surface area contributed by atoms with Crippen LogP contribution >= 0.6 is 0 Å². The summed E-state index contributed by atoms with van der Waals surface area (Å²) in [5.74, 6) is -3.15. The quantitative estimate of drug-likeness (QED) is 0.135. The molecule has 0 radical (unpaired) electrons. The number of para-hydroxylation sites is 1. The predicted molar refractivity (Wildman–Crippen MR) is 143 cm³/mol. The molecule has 0 aliphatic rings. The number of amides is 3. The van der Waals surface area contributed by atoms with Crippen molar-refractivity contribution in [3.8, 4) is 0 Å². The van der Waals surface area contributed by atoms with Crippen molar-refractivity contribution in [2.75, 3.05) is 13.2 Å². The van der Waals surface area contributed by atoms with Crippen LogP contribution < -0.4 is 27.4 Å². The lowest BCUT2D eigenvalue weighted by Crippen LogP contribution is -2.58. The normalized spacial score (nSPS) is 14.5. The number of aliphatic hydroxyl groups is 1. The molecule has 0 aliphatic heterocycles. The van der Waals surface area contributed by atoms with Crippen LogP contribution in [-0.2, 0) is 25.6 Å². The summed E-state index contributed by atoms with van der Waals surface area (Å²) in [5.41, 5.74) is 12.7. The number of carboxylic acids is 1. The van der Waals surface area contributed by atoms with E-state index in [0.29, 0.717) is 19.4 Å². The van der Waals surface area contributed by atoms with Gasteiger partial charge in [0.1, 0.15) is 24.2 Å². The lowest BCUT2D eigenvalue weighted by molar-refractivity contribution is -0.142. The van der Waals surface area contributed by atoms with Crippen molar-refractivity contribution < 1.29 is 29.4 Å². The Bertz CT molecular complexity index is 1090. The molecule has 1 aromatic heterocycles. The number of rotatable bonds is 16. The minimum atomic E-state index is -1.20. The molecule has 10 N–H and O–H groups in total. The van der Waals surface area contributed by atoms with Gasteiger partial charge in [-0.1, -0.05) is 32.0 Å². The minimum absolute atomic E-state index is 0.0104. The van der Waals surface area contributed by atoms with Crippen molar-refractivity contribution in [1.29, 1.82) is 0 Å². The molecule has 38 heavy (non-hydrogen) atoms. The SMILES string of the molecule is CC(C)CC(NC(=O)C(N)CO)C(=O)NC(Cc1c[nH]c2ccccc12)C(=O)NC(CCCCN)C(=O)O. The van der Waals surface area contributed by atoms with Crippen LogP contribution in [0.25, 0.3) is 10.9 Å². The number of hydrogen-bond acceptors (Lipinski definition) is 7. The number of hydrogen-bond donors (Lipinski definition) is 8. The fourth-order valence-corrected chi connectivity index (χ4v) is 4.09. The molecule has 0 saturated heterocycles. The molecule has 12 nitrogen and oxygen atoms in total. The smallest absolute Gasteiger partial charge is 0.326 e. The van der Waals surface area contributed by atoms with Gasteiger partial charge in [-0.05, 0) is 49.8 Å². The third-order valence-electron chi connectivity index (χ3n) is 6.17. The van der Waals surface area contributed by atoms with E-state index in [0.717, 1.165) is 16.5 Å². The van der Waals surface area contributed by atoms with Crippen molar-refractivity contribution in [2.45, 2.75) is 70.1 Å². The zero-order valence-electron chi connectivity index (χ0n) is 21.9. The van der Waals surface area contributed by atoms with E-state index in [1.165, 1.54) is 0 Å². The molecular weight excluding hydrogens is 492 g/mol. The zero-order chi connectivity index (χ0) is 28.2. The number of aliphatic carboxylic acids is 1. The third kappa shape index (κ3) is 9.12. The fourth-order valence-electron chi connectivity index (χ4n) is 4.09. The highest BCUT2D eigenvalue weighted by Gasteiger charge is 2.31. The Kier molecular flexibility index (Phi) is 12.2.